The van der Waals surface area contributed by atoms with Gasteiger partial charge in [-0.2, -0.15) is 0 Å². The SMILES string of the molecule is CC(C)OC(=O)c1c(NC(=O)c2c(F)c(F)c(F)c(F)c2F)sc2c1CCCC2. The van der Waals surface area contributed by atoms with E-state index in [0.29, 0.717) is 18.4 Å². The maximum absolute atomic E-state index is 13.9. The predicted molar refractivity (Wildman–Crippen MR) is 95.7 cm³/mol. The fourth-order valence-corrected chi connectivity index (χ4v) is 4.39. The Kier molecular flexibility index (Phi) is 5.92. The van der Waals surface area contributed by atoms with Gasteiger partial charge in [0, 0.05) is 4.88 Å². The highest BCUT2D eigenvalue weighted by atomic mass is 32.1. The maximum Gasteiger partial charge on any atom is 0.341 e. The monoisotopic (exact) mass is 433 g/mol. The standard InChI is InChI=1S/C19H16F5NO3S/c1-7(2)28-19(27)10-8-5-3-4-6-9(8)29-18(10)25-17(26)11-12(20)14(22)16(24)15(23)13(11)21/h7H,3-6H2,1-2H3,(H,25,26). The number of amides is 1. The first-order chi connectivity index (χ1) is 13.6. The number of nitrogens with one attached hydrogen (secondary N) is 1. The molecule has 0 aliphatic heterocycles. The fraction of sp³-hybridized carbons (Fsp3) is 0.368. The summed E-state index contributed by atoms with van der Waals surface area (Å²) < 4.78 is 73.1. The molecule has 156 valence electrons. The van der Waals surface area contributed by atoms with Gasteiger partial charge in [-0.25, -0.2) is 26.7 Å². The van der Waals surface area contributed by atoms with Crippen molar-refractivity contribution in [2.24, 2.45) is 0 Å². The van der Waals surface area contributed by atoms with E-state index in [9.17, 15) is 31.5 Å². The number of hydrogen-bond acceptors (Lipinski definition) is 4. The Hall–Kier alpha value is -2.49. The molecule has 1 aliphatic carbocycles. The Bertz CT molecular complexity index is 973. The molecule has 0 bridgehead atoms. The van der Waals surface area contributed by atoms with E-state index in [2.05, 4.69) is 5.32 Å². The van der Waals surface area contributed by atoms with E-state index in [1.807, 2.05) is 0 Å². The van der Waals surface area contributed by atoms with Crippen LogP contribution in [-0.4, -0.2) is 18.0 Å². The highest BCUT2D eigenvalue weighted by Crippen LogP contribution is 2.39. The Balaban J connectivity index is 2.04. The zero-order valence-electron chi connectivity index (χ0n) is 15.4. The van der Waals surface area contributed by atoms with Crippen molar-refractivity contribution in [1.29, 1.82) is 0 Å². The fourth-order valence-electron chi connectivity index (χ4n) is 3.11. The molecule has 2 aromatic rings. The van der Waals surface area contributed by atoms with Gasteiger partial charge in [0.15, 0.2) is 23.3 Å². The highest BCUT2D eigenvalue weighted by Gasteiger charge is 2.32. The first-order valence-electron chi connectivity index (χ1n) is 8.81. The molecule has 0 radical (unpaired) electrons. The van der Waals surface area contributed by atoms with Crippen LogP contribution in [0.3, 0.4) is 0 Å². The van der Waals surface area contributed by atoms with Gasteiger partial charge < -0.3 is 10.1 Å². The van der Waals surface area contributed by atoms with Crippen LogP contribution in [0.25, 0.3) is 0 Å². The normalized spacial score (nSPS) is 13.4. The number of carbonyl (C=O) groups excluding carboxylic acids is 2. The van der Waals surface area contributed by atoms with Gasteiger partial charge in [0.1, 0.15) is 10.6 Å². The third kappa shape index (κ3) is 3.85. The highest BCUT2D eigenvalue weighted by molar-refractivity contribution is 7.17. The van der Waals surface area contributed by atoms with Gasteiger partial charge in [0.05, 0.1) is 11.7 Å². The number of carbonyl (C=O) groups is 2. The first kappa shape index (κ1) is 21.2. The second-order valence-electron chi connectivity index (χ2n) is 6.77. The molecule has 1 aliphatic rings. The van der Waals surface area contributed by atoms with Crippen LogP contribution in [0.2, 0.25) is 0 Å². The van der Waals surface area contributed by atoms with Gasteiger partial charge in [-0.15, -0.1) is 11.3 Å². The minimum absolute atomic E-state index is 0.0449. The van der Waals surface area contributed by atoms with Crippen LogP contribution >= 0.6 is 11.3 Å². The molecule has 0 unspecified atom stereocenters. The number of aryl methyl sites for hydroxylation is 1. The number of rotatable bonds is 4. The van der Waals surface area contributed by atoms with Crippen molar-refractivity contribution in [3.63, 3.8) is 0 Å². The maximum atomic E-state index is 13.9. The first-order valence-corrected chi connectivity index (χ1v) is 9.63. The molecule has 1 aromatic heterocycles. The van der Waals surface area contributed by atoms with Gasteiger partial charge >= 0.3 is 5.97 Å². The van der Waals surface area contributed by atoms with Gasteiger partial charge in [0.2, 0.25) is 5.82 Å². The van der Waals surface area contributed by atoms with Crippen molar-refractivity contribution in [1.82, 2.24) is 0 Å². The molecule has 3 rings (SSSR count). The molecule has 0 spiro atoms. The summed E-state index contributed by atoms with van der Waals surface area (Å²) in [6.07, 6.45) is 2.39. The number of thiophene rings is 1. The molecular formula is C19H16F5NO3S. The van der Waals surface area contributed by atoms with E-state index in [0.717, 1.165) is 29.1 Å². The molecule has 0 atom stereocenters. The van der Waals surface area contributed by atoms with Crippen molar-refractivity contribution >= 4 is 28.2 Å². The number of anilines is 1. The molecule has 4 nitrogen and oxygen atoms in total. The van der Waals surface area contributed by atoms with E-state index >= 15 is 0 Å². The summed E-state index contributed by atoms with van der Waals surface area (Å²) in [7, 11) is 0. The van der Waals surface area contributed by atoms with Crippen LogP contribution in [0, 0.1) is 29.1 Å². The van der Waals surface area contributed by atoms with Crippen LogP contribution in [0.5, 0.6) is 0 Å². The van der Waals surface area contributed by atoms with E-state index in [-0.39, 0.29) is 10.6 Å². The summed E-state index contributed by atoms with van der Waals surface area (Å²) in [6, 6.07) is 0. The predicted octanol–water partition coefficient (Wildman–Crippen LogP) is 5.14. The Morgan fingerprint density at radius 2 is 1.45 bits per heavy atom. The zero-order valence-corrected chi connectivity index (χ0v) is 16.2. The van der Waals surface area contributed by atoms with Crippen LogP contribution < -0.4 is 5.32 Å². The summed E-state index contributed by atoms with van der Waals surface area (Å²) in [4.78, 5) is 25.7. The molecule has 0 fully saturated rings. The summed E-state index contributed by atoms with van der Waals surface area (Å²) in [5, 5.41) is 2.09. The van der Waals surface area contributed by atoms with Crippen molar-refractivity contribution in [2.75, 3.05) is 5.32 Å². The third-order valence-corrected chi connectivity index (χ3v) is 5.59. The van der Waals surface area contributed by atoms with E-state index < -0.39 is 52.6 Å². The van der Waals surface area contributed by atoms with Crippen molar-refractivity contribution in [3.05, 3.63) is 50.7 Å². The lowest BCUT2D eigenvalue weighted by atomic mass is 9.95. The van der Waals surface area contributed by atoms with Crippen LogP contribution in [-0.2, 0) is 17.6 Å². The number of hydrogen-bond donors (Lipinski definition) is 1. The number of halogens is 5. The smallest absolute Gasteiger partial charge is 0.341 e. The van der Waals surface area contributed by atoms with Crippen molar-refractivity contribution in [3.8, 4) is 0 Å². The van der Waals surface area contributed by atoms with Crippen LogP contribution in [0.1, 0.15) is 57.8 Å². The topological polar surface area (TPSA) is 55.4 Å². The third-order valence-electron chi connectivity index (χ3n) is 4.38. The lowest BCUT2D eigenvalue weighted by Gasteiger charge is -2.14. The van der Waals surface area contributed by atoms with Crippen LogP contribution in [0.4, 0.5) is 27.0 Å². The Labute approximate surface area is 166 Å². The minimum Gasteiger partial charge on any atom is -0.459 e. The minimum atomic E-state index is -2.36. The second-order valence-corrected chi connectivity index (χ2v) is 7.87. The van der Waals surface area contributed by atoms with Gasteiger partial charge in [-0.1, -0.05) is 0 Å². The van der Waals surface area contributed by atoms with Gasteiger partial charge in [0.25, 0.3) is 5.91 Å². The molecule has 10 heteroatoms. The van der Waals surface area contributed by atoms with Gasteiger partial charge in [-0.3, -0.25) is 4.79 Å². The number of fused-ring (bicyclic) bond motifs is 1. The largest absolute Gasteiger partial charge is 0.459 e. The molecule has 0 saturated heterocycles. The van der Waals surface area contributed by atoms with Crippen LogP contribution in [0.15, 0.2) is 0 Å². The van der Waals surface area contributed by atoms with E-state index in [1.54, 1.807) is 13.8 Å². The molecule has 0 saturated carbocycles. The average molecular weight is 433 g/mol. The number of esters is 1. The molecule has 1 heterocycles. The number of ether oxygens (including phenoxy) is 1. The average Bonchev–Trinajstić information content (AvgIpc) is 3.02. The molecule has 1 amide bonds. The quantitative estimate of drug-likeness (QED) is 0.314. The summed E-state index contributed by atoms with van der Waals surface area (Å²) in [5.41, 5.74) is -0.897. The molecule has 29 heavy (non-hydrogen) atoms. The summed E-state index contributed by atoms with van der Waals surface area (Å²) >= 11 is 1.02. The van der Waals surface area contributed by atoms with Crippen molar-refractivity contribution < 1.29 is 36.3 Å². The molecule has 1 N–H and O–H groups in total. The van der Waals surface area contributed by atoms with E-state index in [4.69, 9.17) is 4.74 Å². The van der Waals surface area contributed by atoms with Crippen molar-refractivity contribution in [2.45, 2.75) is 45.6 Å². The number of benzene rings is 1. The zero-order chi connectivity index (χ0) is 21.5. The summed E-state index contributed by atoms with van der Waals surface area (Å²) in [5.74, 6) is -13.6. The van der Waals surface area contributed by atoms with E-state index in [1.165, 1.54) is 0 Å². The summed E-state index contributed by atoms with van der Waals surface area (Å²) in [6.45, 7) is 3.26. The lowest BCUT2D eigenvalue weighted by Crippen LogP contribution is -2.21. The Morgan fingerprint density at radius 1 is 0.897 bits per heavy atom. The second kappa shape index (κ2) is 8.10. The van der Waals surface area contributed by atoms with Gasteiger partial charge in [-0.05, 0) is 45.1 Å². The molecular weight excluding hydrogens is 417 g/mol. The Morgan fingerprint density at radius 3 is 2.03 bits per heavy atom. The lowest BCUT2D eigenvalue weighted by molar-refractivity contribution is 0.0378. The molecule has 1 aromatic carbocycles.